The fourth-order valence-electron chi connectivity index (χ4n) is 1.62. The average molecular weight is 284 g/mol. The number of para-hydroxylation sites is 1. The molecule has 0 heterocycles. The minimum atomic E-state index is -0.511. The number of nitro benzene ring substituents is 1. The van der Waals surface area contributed by atoms with Crippen LogP contribution in [-0.2, 0) is 0 Å². The zero-order chi connectivity index (χ0) is 15.2. The minimum Gasteiger partial charge on any atom is -0.399 e. The first-order valence-electron chi connectivity index (χ1n) is 6.00. The van der Waals surface area contributed by atoms with Crippen molar-refractivity contribution in [2.45, 2.75) is 0 Å². The summed E-state index contributed by atoms with van der Waals surface area (Å²) < 4.78 is 0. The second kappa shape index (κ2) is 6.29. The van der Waals surface area contributed by atoms with Crippen molar-refractivity contribution in [2.24, 2.45) is 5.10 Å². The van der Waals surface area contributed by atoms with E-state index in [0.717, 1.165) is 0 Å². The number of benzene rings is 2. The standard InChI is InChI=1S/C14H12N4O3/c15-12-7-5-10(6-8-12)14(19)17-16-9-11-3-1-2-4-13(11)18(20)21/h1-9H,15H2,(H,17,19). The highest BCUT2D eigenvalue weighted by molar-refractivity contribution is 5.95. The van der Waals surface area contributed by atoms with Gasteiger partial charge in [-0.1, -0.05) is 12.1 Å². The van der Waals surface area contributed by atoms with Crippen LogP contribution in [0.5, 0.6) is 0 Å². The predicted molar refractivity (Wildman–Crippen MR) is 79.0 cm³/mol. The summed E-state index contributed by atoms with van der Waals surface area (Å²) >= 11 is 0. The van der Waals surface area contributed by atoms with Crippen LogP contribution < -0.4 is 11.2 Å². The number of amides is 1. The van der Waals surface area contributed by atoms with Crippen molar-refractivity contribution in [1.29, 1.82) is 0 Å². The predicted octanol–water partition coefficient (Wildman–Crippen LogP) is 1.94. The van der Waals surface area contributed by atoms with Gasteiger partial charge >= 0.3 is 0 Å². The zero-order valence-corrected chi connectivity index (χ0v) is 10.9. The van der Waals surface area contributed by atoms with Crippen molar-refractivity contribution < 1.29 is 9.72 Å². The van der Waals surface area contributed by atoms with Crippen molar-refractivity contribution >= 4 is 23.5 Å². The van der Waals surface area contributed by atoms with E-state index in [1.807, 2.05) is 0 Å². The monoisotopic (exact) mass is 284 g/mol. The smallest absolute Gasteiger partial charge is 0.278 e. The van der Waals surface area contributed by atoms with E-state index in [1.54, 1.807) is 36.4 Å². The number of rotatable bonds is 4. The van der Waals surface area contributed by atoms with Crippen LogP contribution in [0.2, 0.25) is 0 Å². The first kappa shape index (κ1) is 14.2. The third kappa shape index (κ3) is 3.63. The van der Waals surface area contributed by atoms with Gasteiger partial charge in [-0.25, -0.2) is 5.43 Å². The first-order valence-corrected chi connectivity index (χ1v) is 6.00. The summed E-state index contributed by atoms with van der Waals surface area (Å²) in [4.78, 5) is 22.1. The summed E-state index contributed by atoms with van der Waals surface area (Å²) in [5.74, 6) is -0.426. The Morgan fingerprint density at radius 1 is 1.19 bits per heavy atom. The summed E-state index contributed by atoms with van der Waals surface area (Å²) in [6, 6.07) is 12.4. The van der Waals surface area contributed by atoms with Crippen LogP contribution in [0.3, 0.4) is 0 Å². The average Bonchev–Trinajstić information content (AvgIpc) is 2.48. The molecule has 3 N–H and O–H groups in total. The maximum absolute atomic E-state index is 11.8. The summed E-state index contributed by atoms with van der Waals surface area (Å²) in [5.41, 5.74) is 8.99. The SMILES string of the molecule is Nc1ccc(C(=O)NN=Cc2ccccc2[N+](=O)[O-])cc1. The number of nitrogens with one attached hydrogen (secondary N) is 1. The third-order valence-electron chi connectivity index (χ3n) is 2.68. The number of carbonyl (C=O) groups is 1. The molecule has 1 amide bonds. The van der Waals surface area contributed by atoms with E-state index in [1.165, 1.54) is 18.3 Å². The van der Waals surface area contributed by atoms with E-state index in [4.69, 9.17) is 5.73 Å². The zero-order valence-electron chi connectivity index (χ0n) is 10.9. The molecule has 21 heavy (non-hydrogen) atoms. The molecule has 0 aliphatic carbocycles. The number of hydrogen-bond donors (Lipinski definition) is 2. The second-order valence-corrected chi connectivity index (χ2v) is 4.14. The first-order chi connectivity index (χ1) is 10.1. The van der Waals surface area contributed by atoms with E-state index < -0.39 is 10.8 Å². The number of nitrogens with zero attached hydrogens (tertiary/aromatic N) is 2. The molecule has 0 aromatic heterocycles. The Balaban J connectivity index is 2.07. The van der Waals surface area contributed by atoms with Gasteiger partial charge in [0, 0.05) is 17.3 Å². The van der Waals surface area contributed by atoms with Crippen molar-refractivity contribution in [3.05, 3.63) is 69.8 Å². The number of nitro groups is 1. The molecule has 2 rings (SSSR count). The number of nitrogen functional groups attached to an aromatic ring is 1. The lowest BCUT2D eigenvalue weighted by molar-refractivity contribution is -0.385. The minimum absolute atomic E-state index is 0.0806. The largest absolute Gasteiger partial charge is 0.399 e. The van der Waals surface area contributed by atoms with Crippen LogP contribution in [-0.4, -0.2) is 17.0 Å². The highest BCUT2D eigenvalue weighted by Gasteiger charge is 2.10. The third-order valence-corrected chi connectivity index (χ3v) is 2.68. The Kier molecular flexibility index (Phi) is 4.25. The number of carbonyl (C=O) groups excluding carboxylic acids is 1. The van der Waals surface area contributed by atoms with Gasteiger partial charge in [0.15, 0.2) is 0 Å². The molecular weight excluding hydrogens is 272 g/mol. The highest BCUT2D eigenvalue weighted by atomic mass is 16.6. The van der Waals surface area contributed by atoms with Gasteiger partial charge in [-0.3, -0.25) is 14.9 Å². The maximum Gasteiger partial charge on any atom is 0.278 e. The highest BCUT2D eigenvalue weighted by Crippen LogP contribution is 2.15. The van der Waals surface area contributed by atoms with E-state index >= 15 is 0 Å². The lowest BCUT2D eigenvalue weighted by Gasteiger charge is -2.00. The van der Waals surface area contributed by atoms with Crippen LogP contribution in [0.4, 0.5) is 11.4 Å². The molecule has 0 saturated heterocycles. The molecule has 0 saturated carbocycles. The van der Waals surface area contributed by atoms with Gasteiger partial charge in [0.25, 0.3) is 11.6 Å². The van der Waals surface area contributed by atoms with E-state index in [-0.39, 0.29) is 5.69 Å². The molecule has 7 nitrogen and oxygen atoms in total. The Bertz CT molecular complexity index is 696. The molecule has 7 heteroatoms. The van der Waals surface area contributed by atoms with Crippen LogP contribution in [0.25, 0.3) is 0 Å². The van der Waals surface area contributed by atoms with Gasteiger partial charge in [-0.15, -0.1) is 0 Å². The summed E-state index contributed by atoms with van der Waals surface area (Å²) in [7, 11) is 0. The number of hydrazone groups is 1. The summed E-state index contributed by atoms with van der Waals surface area (Å²) in [6.07, 6.45) is 1.23. The Morgan fingerprint density at radius 3 is 2.52 bits per heavy atom. The quantitative estimate of drug-likeness (QED) is 0.387. The fourth-order valence-corrected chi connectivity index (χ4v) is 1.62. The van der Waals surface area contributed by atoms with Crippen molar-refractivity contribution in [1.82, 2.24) is 5.43 Å². The van der Waals surface area contributed by atoms with Crippen molar-refractivity contribution in [2.75, 3.05) is 5.73 Å². The molecule has 2 aromatic rings. The van der Waals surface area contributed by atoms with Gasteiger partial charge in [-0.05, 0) is 30.3 Å². The van der Waals surface area contributed by atoms with Crippen LogP contribution >= 0.6 is 0 Å². The van der Waals surface area contributed by atoms with Crippen LogP contribution in [0.1, 0.15) is 15.9 Å². The molecule has 0 fully saturated rings. The fraction of sp³-hybridized carbons (Fsp3) is 0. The number of nitrogens with two attached hydrogens (primary N) is 1. The molecule has 106 valence electrons. The molecule has 0 aliphatic heterocycles. The van der Waals surface area contributed by atoms with Gasteiger partial charge in [-0.2, -0.15) is 5.10 Å². The molecule has 0 aliphatic rings. The van der Waals surface area contributed by atoms with Crippen LogP contribution in [0.15, 0.2) is 53.6 Å². The molecule has 2 aromatic carbocycles. The van der Waals surface area contributed by atoms with Gasteiger partial charge in [0.05, 0.1) is 16.7 Å². The number of hydrogen-bond acceptors (Lipinski definition) is 5. The van der Waals surface area contributed by atoms with Crippen molar-refractivity contribution in [3.8, 4) is 0 Å². The van der Waals surface area contributed by atoms with Gasteiger partial charge in [0.1, 0.15) is 0 Å². The molecular formula is C14H12N4O3. The summed E-state index contributed by atoms with van der Waals surface area (Å²) in [6.45, 7) is 0. The maximum atomic E-state index is 11.8. The topological polar surface area (TPSA) is 111 Å². The second-order valence-electron chi connectivity index (χ2n) is 4.14. The van der Waals surface area contributed by atoms with E-state index in [0.29, 0.717) is 16.8 Å². The van der Waals surface area contributed by atoms with Gasteiger partial charge in [0.2, 0.25) is 0 Å². The normalized spacial score (nSPS) is 10.5. The molecule has 0 radical (unpaired) electrons. The molecule has 0 atom stereocenters. The Hall–Kier alpha value is -3.22. The van der Waals surface area contributed by atoms with Gasteiger partial charge < -0.3 is 5.73 Å². The Morgan fingerprint density at radius 2 is 1.86 bits per heavy atom. The molecule has 0 unspecified atom stereocenters. The lowest BCUT2D eigenvalue weighted by atomic mass is 10.2. The van der Waals surface area contributed by atoms with Crippen LogP contribution in [0, 0.1) is 10.1 Å². The Labute approximate surface area is 120 Å². The lowest BCUT2D eigenvalue weighted by Crippen LogP contribution is -2.17. The summed E-state index contributed by atoms with van der Waals surface area (Å²) in [5, 5.41) is 14.5. The molecule has 0 spiro atoms. The van der Waals surface area contributed by atoms with Crippen molar-refractivity contribution in [3.63, 3.8) is 0 Å². The molecule has 0 bridgehead atoms. The number of anilines is 1. The van der Waals surface area contributed by atoms with E-state index in [9.17, 15) is 14.9 Å². The van der Waals surface area contributed by atoms with E-state index in [2.05, 4.69) is 10.5 Å².